The predicted octanol–water partition coefficient (Wildman–Crippen LogP) is 1.74. The Hall–Kier alpha value is -1.56. The molecule has 11 nitrogen and oxygen atoms in total. The van der Waals surface area contributed by atoms with Gasteiger partial charge in [-0.3, -0.25) is 18.1 Å². The van der Waals surface area contributed by atoms with E-state index in [1.54, 1.807) is 13.8 Å². The number of nitrogen functional groups attached to an aromatic ring is 2. The van der Waals surface area contributed by atoms with Crippen LogP contribution in [0.3, 0.4) is 0 Å². The molecule has 0 spiro atoms. The van der Waals surface area contributed by atoms with Crippen molar-refractivity contribution in [3.05, 3.63) is 6.33 Å². The van der Waals surface area contributed by atoms with Crippen molar-refractivity contribution in [2.75, 3.05) is 18.1 Å². The largest absolute Gasteiger partial charge is 0.475 e. The number of halogens is 2. The summed E-state index contributed by atoms with van der Waals surface area (Å²) < 4.78 is 50.5. The third kappa shape index (κ3) is 3.06. The highest BCUT2D eigenvalue weighted by atomic mass is 35.5. The first kappa shape index (κ1) is 18.8. The zero-order valence-electron chi connectivity index (χ0n) is 14.3. The molecule has 2 aliphatic heterocycles. The Morgan fingerprint density at radius 3 is 2.93 bits per heavy atom. The molecule has 2 fully saturated rings. The monoisotopic (exact) mass is 422 g/mol. The second kappa shape index (κ2) is 6.23. The van der Waals surface area contributed by atoms with Gasteiger partial charge in [0.05, 0.1) is 19.0 Å². The molecule has 0 aromatic carbocycles. The molecule has 2 aliphatic rings. The lowest BCUT2D eigenvalue weighted by atomic mass is 10.1. The minimum Gasteiger partial charge on any atom is -0.382 e. The van der Waals surface area contributed by atoms with E-state index in [0.29, 0.717) is 0 Å². The normalized spacial score (nSPS) is 36.4. The maximum Gasteiger partial charge on any atom is 0.475 e. The van der Waals surface area contributed by atoms with Crippen LogP contribution in [0.15, 0.2) is 6.33 Å². The number of alkyl halides is 2. The summed E-state index contributed by atoms with van der Waals surface area (Å²) in [7, 11) is -3.98. The third-order valence-electron chi connectivity index (χ3n) is 4.05. The molecular weight excluding hydrogens is 406 g/mol. The molecule has 0 bridgehead atoms. The maximum absolute atomic E-state index is 15.5. The van der Waals surface area contributed by atoms with Gasteiger partial charge in [-0.2, -0.15) is 9.97 Å². The van der Waals surface area contributed by atoms with Gasteiger partial charge in [-0.05, 0) is 13.8 Å². The number of hydrogen-bond acceptors (Lipinski definition) is 10. The predicted molar refractivity (Wildman–Crippen MR) is 92.4 cm³/mol. The minimum absolute atomic E-state index is 0.0279. The fourth-order valence-electron chi connectivity index (χ4n) is 3.01. The van der Waals surface area contributed by atoms with Crippen LogP contribution in [-0.2, 0) is 22.9 Å². The molecule has 2 aromatic heterocycles. The number of rotatable bonds is 3. The number of phosphoric ester groups is 1. The van der Waals surface area contributed by atoms with Gasteiger partial charge in [-0.25, -0.2) is 13.9 Å². The maximum atomic E-state index is 15.5. The topological polar surface area (TPSA) is 150 Å². The van der Waals surface area contributed by atoms with Crippen LogP contribution in [0.4, 0.5) is 16.2 Å². The first-order chi connectivity index (χ1) is 12.6. The van der Waals surface area contributed by atoms with E-state index in [1.165, 1.54) is 10.9 Å². The van der Waals surface area contributed by atoms with Crippen LogP contribution in [0, 0.1) is 0 Å². The summed E-state index contributed by atoms with van der Waals surface area (Å²) in [5.41, 5.74) is 11.7. The summed E-state index contributed by atoms with van der Waals surface area (Å²) in [6.07, 6.45) is -2.96. The fraction of sp³-hybridized carbons (Fsp3) is 0.615. The Bertz CT molecular complexity index is 941. The van der Waals surface area contributed by atoms with Crippen LogP contribution >= 0.6 is 19.4 Å². The van der Waals surface area contributed by atoms with Gasteiger partial charge in [0.2, 0.25) is 5.95 Å². The lowest BCUT2D eigenvalue weighted by Crippen LogP contribution is -2.43. The Morgan fingerprint density at radius 1 is 1.48 bits per heavy atom. The highest BCUT2D eigenvalue weighted by Gasteiger charge is 2.63. The van der Waals surface area contributed by atoms with E-state index < -0.39 is 37.5 Å². The van der Waals surface area contributed by atoms with Gasteiger partial charge in [0.15, 0.2) is 23.8 Å². The highest BCUT2D eigenvalue weighted by Crippen LogP contribution is 2.61. The number of ether oxygens (including phenoxy) is 1. The second-order valence-corrected chi connectivity index (χ2v) is 8.57. The van der Waals surface area contributed by atoms with Gasteiger partial charge in [-0.15, -0.1) is 0 Å². The van der Waals surface area contributed by atoms with E-state index in [9.17, 15) is 4.57 Å². The van der Waals surface area contributed by atoms with Gasteiger partial charge in [0.25, 0.3) is 5.13 Å². The number of nitrogens with two attached hydrogens (primary N) is 2. The van der Waals surface area contributed by atoms with Gasteiger partial charge in [0, 0.05) is 0 Å². The smallest absolute Gasteiger partial charge is 0.382 e. The standard InChI is InChI=1S/C13H17ClFN6O5P/c1-5(2)25-27(22)23-3-6-8(26-27)13(14,15)11(24-6)21-4-18-7-9(16)19-12(17)20-10(7)21/h4-6,8,11H,3H2,1-2H3,(H4,16,17,19,20)/t6-,8-,11-,13+,27+/m1/s1. The molecule has 4 heterocycles. The van der Waals surface area contributed by atoms with Crippen LogP contribution in [0.5, 0.6) is 0 Å². The van der Waals surface area contributed by atoms with E-state index in [4.69, 9.17) is 41.4 Å². The van der Waals surface area contributed by atoms with Crippen molar-refractivity contribution in [1.29, 1.82) is 0 Å². The molecule has 14 heteroatoms. The zero-order valence-corrected chi connectivity index (χ0v) is 15.9. The summed E-state index contributed by atoms with van der Waals surface area (Å²) >= 11 is 6.14. The highest BCUT2D eigenvalue weighted by molar-refractivity contribution is 7.48. The van der Waals surface area contributed by atoms with E-state index in [1.807, 2.05) is 0 Å². The Labute approximate surface area is 157 Å². The lowest BCUT2D eigenvalue weighted by Gasteiger charge is -2.33. The molecule has 2 aromatic rings. The first-order valence-electron chi connectivity index (χ1n) is 8.01. The van der Waals surface area contributed by atoms with Gasteiger partial charge in [-0.1, -0.05) is 11.6 Å². The zero-order chi connectivity index (χ0) is 19.6. The molecule has 4 N–H and O–H groups in total. The number of fused-ring (bicyclic) bond motifs is 2. The second-order valence-electron chi connectivity index (χ2n) is 6.42. The number of phosphoric acid groups is 1. The van der Waals surface area contributed by atoms with Crippen LogP contribution in [0.2, 0.25) is 0 Å². The summed E-state index contributed by atoms with van der Waals surface area (Å²) in [4.78, 5) is 11.9. The van der Waals surface area contributed by atoms with Crippen molar-refractivity contribution in [3.8, 4) is 0 Å². The lowest BCUT2D eigenvalue weighted by molar-refractivity contribution is -0.0733. The Morgan fingerprint density at radius 2 is 2.22 bits per heavy atom. The molecule has 0 aliphatic carbocycles. The van der Waals surface area contributed by atoms with Crippen molar-refractivity contribution in [1.82, 2.24) is 19.5 Å². The van der Waals surface area contributed by atoms with Gasteiger partial charge < -0.3 is 16.2 Å². The molecule has 0 amide bonds. The molecule has 2 saturated heterocycles. The molecule has 27 heavy (non-hydrogen) atoms. The van der Waals surface area contributed by atoms with Crippen LogP contribution in [0.25, 0.3) is 11.2 Å². The SMILES string of the molecule is CC(C)O[P@]1(=O)OC[C@H]2O[C@@H](n3cnc4c(N)nc(N)nc43)[C@](F)(Cl)[C@@H]2O1. The molecule has 5 atom stereocenters. The number of aromatic nitrogens is 4. The summed E-state index contributed by atoms with van der Waals surface area (Å²) in [6, 6.07) is 0. The summed E-state index contributed by atoms with van der Waals surface area (Å²) in [5, 5.41) is -2.62. The molecule has 148 valence electrons. The van der Waals surface area contributed by atoms with Crippen molar-refractivity contribution in [2.24, 2.45) is 0 Å². The van der Waals surface area contributed by atoms with Crippen molar-refractivity contribution >= 4 is 42.4 Å². The first-order valence-corrected chi connectivity index (χ1v) is 9.85. The number of anilines is 2. The number of imidazole rings is 1. The van der Waals surface area contributed by atoms with Crippen molar-refractivity contribution in [3.63, 3.8) is 0 Å². The van der Waals surface area contributed by atoms with Crippen molar-refractivity contribution < 1.29 is 27.3 Å². The van der Waals surface area contributed by atoms with Crippen LogP contribution < -0.4 is 11.5 Å². The molecule has 4 rings (SSSR count). The summed E-state index contributed by atoms with van der Waals surface area (Å²) in [6.45, 7) is 3.05. The van der Waals surface area contributed by atoms with E-state index in [2.05, 4.69) is 15.0 Å². The summed E-state index contributed by atoms with van der Waals surface area (Å²) in [5.74, 6) is -0.0919. The molecule has 0 unspecified atom stereocenters. The van der Waals surface area contributed by atoms with Gasteiger partial charge >= 0.3 is 7.82 Å². The quantitative estimate of drug-likeness (QED) is 0.553. The fourth-order valence-corrected chi connectivity index (χ4v) is 5.00. The van der Waals surface area contributed by atoms with E-state index >= 15 is 4.39 Å². The van der Waals surface area contributed by atoms with Crippen LogP contribution in [0.1, 0.15) is 20.1 Å². The minimum atomic E-state index is -3.98. The van der Waals surface area contributed by atoms with Crippen molar-refractivity contribution in [2.45, 2.75) is 43.5 Å². The van der Waals surface area contributed by atoms with Gasteiger partial charge in [0.1, 0.15) is 11.6 Å². The average Bonchev–Trinajstić information content (AvgIpc) is 3.05. The Kier molecular flexibility index (Phi) is 4.33. The number of nitrogens with zero attached hydrogens (tertiary/aromatic N) is 4. The molecular formula is C13H17ClFN6O5P. The van der Waals surface area contributed by atoms with E-state index in [0.717, 1.165) is 0 Å². The van der Waals surface area contributed by atoms with E-state index in [-0.39, 0.29) is 29.5 Å². The third-order valence-corrected chi connectivity index (χ3v) is 6.08. The molecule has 0 radical (unpaired) electrons. The number of hydrogen-bond donors (Lipinski definition) is 2. The average molecular weight is 423 g/mol. The Balaban J connectivity index is 1.70. The molecule has 0 saturated carbocycles. The van der Waals surface area contributed by atoms with Crippen LogP contribution in [-0.4, -0.2) is 49.6 Å².